The van der Waals surface area contributed by atoms with E-state index in [-0.39, 0.29) is 11.9 Å². The molecule has 1 aliphatic rings. The predicted molar refractivity (Wildman–Crippen MR) is 60.6 cm³/mol. The predicted octanol–water partition coefficient (Wildman–Crippen LogP) is 0.474. The largest absolute Gasteiger partial charge is 0.369 e. The lowest BCUT2D eigenvalue weighted by molar-refractivity contribution is -0.128. The third kappa shape index (κ3) is 1.64. The summed E-state index contributed by atoms with van der Waals surface area (Å²) in [6.07, 6.45) is 3.72. The van der Waals surface area contributed by atoms with Crippen LogP contribution in [0.3, 0.4) is 0 Å². The van der Waals surface area contributed by atoms with Crippen molar-refractivity contribution in [3.63, 3.8) is 0 Å². The number of aliphatic imine (C=N–C) groups is 1. The molecule has 1 aromatic heterocycles. The lowest BCUT2D eigenvalue weighted by Gasteiger charge is -2.33. The van der Waals surface area contributed by atoms with Gasteiger partial charge in [-0.25, -0.2) is 4.99 Å². The maximum atomic E-state index is 11.7. The summed E-state index contributed by atoms with van der Waals surface area (Å²) >= 11 is 0. The number of aromatic nitrogens is 1. The number of rotatable bonds is 1. The first-order chi connectivity index (χ1) is 7.53. The first kappa shape index (κ1) is 10.6. The monoisotopic (exact) mass is 218 g/mol. The van der Waals surface area contributed by atoms with Gasteiger partial charge in [-0.1, -0.05) is 6.07 Å². The van der Waals surface area contributed by atoms with Gasteiger partial charge in [0, 0.05) is 19.4 Å². The van der Waals surface area contributed by atoms with Crippen LogP contribution in [0, 0.1) is 0 Å². The highest BCUT2D eigenvalue weighted by molar-refractivity contribution is 5.98. The van der Waals surface area contributed by atoms with Gasteiger partial charge >= 0.3 is 0 Å². The zero-order valence-corrected chi connectivity index (χ0v) is 9.34. The van der Waals surface area contributed by atoms with Crippen LogP contribution in [-0.4, -0.2) is 28.8 Å². The average molecular weight is 218 g/mol. The van der Waals surface area contributed by atoms with Gasteiger partial charge in [0.15, 0.2) is 5.96 Å². The Hall–Kier alpha value is -1.91. The lowest BCUT2D eigenvalue weighted by atomic mass is 9.89. The Balaban J connectivity index is 2.44. The lowest BCUT2D eigenvalue weighted by Crippen LogP contribution is -2.47. The molecular formula is C11H14N4O. The Morgan fingerprint density at radius 1 is 1.56 bits per heavy atom. The molecular weight excluding hydrogens is 204 g/mol. The van der Waals surface area contributed by atoms with Crippen molar-refractivity contribution >= 4 is 11.9 Å². The van der Waals surface area contributed by atoms with Crippen molar-refractivity contribution in [2.75, 3.05) is 7.05 Å². The Labute approximate surface area is 94.0 Å². The molecule has 0 unspecified atom stereocenters. The molecule has 0 spiro atoms. The minimum Gasteiger partial charge on any atom is -0.369 e. The molecule has 1 aliphatic heterocycles. The molecule has 5 nitrogen and oxygen atoms in total. The third-order valence-corrected chi connectivity index (χ3v) is 2.86. The molecule has 0 radical (unpaired) electrons. The molecule has 2 N–H and O–H groups in total. The summed E-state index contributed by atoms with van der Waals surface area (Å²) in [5.74, 6) is 0.224. The summed E-state index contributed by atoms with van der Waals surface area (Å²) in [6.45, 7) is 1.89. The molecule has 2 rings (SSSR count). The molecule has 0 bridgehead atoms. The van der Waals surface area contributed by atoms with Crippen LogP contribution in [0.15, 0.2) is 29.5 Å². The molecule has 0 saturated heterocycles. The van der Waals surface area contributed by atoms with E-state index < -0.39 is 5.54 Å². The zero-order valence-electron chi connectivity index (χ0n) is 9.34. The summed E-state index contributed by atoms with van der Waals surface area (Å²) < 4.78 is 0. The van der Waals surface area contributed by atoms with E-state index in [4.69, 9.17) is 5.73 Å². The zero-order chi connectivity index (χ0) is 11.8. The number of nitrogens with two attached hydrogens (primary N) is 1. The van der Waals surface area contributed by atoms with Crippen LogP contribution in [0.1, 0.15) is 18.9 Å². The summed E-state index contributed by atoms with van der Waals surface area (Å²) in [6, 6.07) is 3.73. The van der Waals surface area contributed by atoms with Crippen LogP contribution >= 0.6 is 0 Å². The topological polar surface area (TPSA) is 71.6 Å². The molecule has 0 saturated carbocycles. The summed E-state index contributed by atoms with van der Waals surface area (Å²) in [5.41, 5.74) is 6.02. The Morgan fingerprint density at radius 3 is 2.88 bits per heavy atom. The fourth-order valence-corrected chi connectivity index (χ4v) is 1.76. The molecule has 84 valence electrons. The molecule has 1 amide bonds. The van der Waals surface area contributed by atoms with E-state index in [1.54, 1.807) is 19.4 Å². The van der Waals surface area contributed by atoms with Gasteiger partial charge < -0.3 is 5.73 Å². The van der Waals surface area contributed by atoms with Gasteiger partial charge in [-0.05, 0) is 18.6 Å². The van der Waals surface area contributed by atoms with Crippen molar-refractivity contribution in [3.05, 3.63) is 30.1 Å². The first-order valence-corrected chi connectivity index (χ1v) is 5.05. The van der Waals surface area contributed by atoms with Crippen LogP contribution in [0.25, 0.3) is 0 Å². The van der Waals surface area contributed by atoms with Crippen molar-refractivity contribution in [2.45, 2.75) is 18.9 Å². The molecule has 0 fully saturated rings. The van der Waals surface area contributed by atoms with Gasteiger partial charge in [0.25, 0.3) is 0 Å². The Kier molecular flexibility index (Phi) is 2.38. The first-order valence-electron chi connectivity index (χ1n) is 5.05. The number of guanidine groups is 1. The SMILES string of the molecule is CN1C(=O)C[C@@](C)(c2cccnc2)N=C1N. The van der Waals surface area contributed by atoms with Gasteiger partial charge in [-0.15, -0.1) is 0 Å². The average Bonchev–Trinajstić information content (AvgIpc) is 2.27. The van der Waals surface area contributed by atoms with Crippen LogP contribution in [0.2, 0.25) is 0 Å². The van der Waals surface area contributed by atoms with Crippen LogP contribution in [0.4, 0.5) is 0 Å². The smallest absolute Gasteiger partial charge is 0.231 e. The van der Waals surface area contributed by atoms with Gasteiger partial charge in [-0.3, -0.25) is 14.7 Å². The molecule has 0 aromatic carbocycles. The van der Waals surface area contributed by atoms with Crippen molar-refractivity contribution in [1.29, 1.82) is 0 Å². The molecule has 1 atom stereocenters. The number of hydrogen-bond donors (Lipinski definition) is 1. The van der Waals surface area contributed by atoms with E-state index in [1.165, 1.54) is 4.90 Å². The highest BCUT2D eigenvalue weighted by atomic mass is 16.2. The standard InChI is InChI=1S/C11H14N4O/c1-11(8-4-3-5-13-7-8)6-9(16)15(2)10(12)14-11/h3-5,7H,6H2,1-2H3,(H2,12,14)/t11-/m0/s1. The Bertz CT molecular complexity index is 443. The molecule has 16 heavy (non-hydrogen) atoms. The molecule has 0 aliphatic carbocycles. The van der Waals surface area contributed by atoms with E-state index in [9.17, 15) is 4.79 Å². The second-order valence-electron chi connectivity index (χ2n) is 4.12. The maximum absolute atomic E-state index is 11.7. The fourth-order valence-electron chi connectivity index (χ4n) is 1.76. The number of amides is 1. The fraction of sp³-hybridized carbons (Fsp3) is 0.364. The highest BCUT2D eigenvalue weighted by Gasteiger charge is 2.36. The van der Waals surface area contributed by atoms with E-state index in [0.717, 1.165) is 5.56 Å². The number of nitrogens with zero attached hydrogens (tertiary/aromatic N) is 3. The number of carbonyl (C=O) groups is 1. The molecule has 5 heteroatoms. The van der Waals surface area contributed by atoms with Crippen LogP contribution < -0.4 is 5.73 Å². The number of pyridine rings is 1. The number of hydrogen-bond acceptors (Lipinski definition) is 4. The normalized spacial score (nSPS) is 25.5. The van der Waals surface area contributed by atoms with E-state index >= 15 is 0 Å². The minimum atomic E-state index is -0.595. The van der Waals surface area contributed by atoms with Crippen molar-refractivity contribution < 1.29 is 4.79 Å². The van der Waals surface area contributed by atoms with Gasteiger partial charge in [0.05, 0.1) is 12.0 Å². The van der Waals surface area contributed by atoms with Crippen molar-refractivity contribution in [3.8, 4) is 0 Å². The van der Waals surface area contributed by atoms with Gasteiger partial charge in [-0.2, -0.15) is 0 Å². The van der Waals surface area contributed by atoms with Crippen LogP contribution in [-0.2, 0) is 10.3 Å². The van der Waals surface area contributed by atoms with E-state index in [1.807, 2.05) is 19.1 Å². The Morgan fingerprint density at radius 2 is 2.31 bits per heavy atom. The molecule has 1 aromatic rings. The number of carbonyl (C=O) groups excluding carboxylic acids is 1. The quantitative estimate of drug-likeness (QED) is 0.745. The summed E-state index contributed by atoms with van der Waals surface area (Å²) in [4.78, 5) is 21.5. The maximum Gasteiger partial charge on any atom is 0.231 e. The minimum absolute atomic E-state index is 0.0288. The van der Waals surface area contributed by atoms with E-state index in [0.29, 0.717) is 6.42 Å². The van der Waals surface area contributed by atoms with Crippen molar-refractivity contribution in [1.82, 2.24) is 9.88 Å². The second kappa shape index (κ2) is 3.59. The highest BCUT2D eigenvalue weighted by Crippen LogP contribution is 2.31. The van der Waals surface area contributed by atoms with Gasteiger partial charge in [0.1, 0.15) is 0 Å². The molecule has 2 heterocycles. The van der Waals surface area contributed by atoms with Crippen molar-refractivity contribution in [2.24, 2.45) is 10.7 Å². The van der Waals surface area contributed by atoms with Gasteiger partial charge in [0.2, 0.25) is 5.91 Å². The third-order valence-electron chi connectivity index (χ3n) is 2.86. The summed E-state index contributed by atoms with van der Waals surface area (Å²) in [5, 5.41) is 0. The van der Waals surface area contributed by atoms with Crippen LogP contribution in [0.5, 0.6) is 0 Å². The second-order valence-corrected chi connectivity index (χ2v) is 4.12. The summed E-state index contributed by atoms with van der Waals surface area (Å²) in [7, 11) is 1.63. The van der Waals surface area contributed by atoms with E-state index in [2.05, 4.69) is 9.98 Å².